The van der Waals surface area contributed by atoms with Crippen LogP contribution in [0.5, 0.6) is 0 Å². The molecule has 1 fully saturated rings. The fourth-order valence-electron chi connectivity index (χ4n) is 2.26. The predicted molar refractivity (Wildman–Crippen MR) is 82.7 cm³/mol. The predicted octanol–water partition coefficient (Wildman–Crippen LogP) is 1.84. The number of amides is 1. The monoisotopic (exact) mass is 319 g/mol. The Morgan fingerprint density at radius 2 is 2.27 bits per heavy atom. The molecule has 1 atom stereocenters. The van der Waals surface area contributed by atoms with Crippen LogP contribution in [0.25, 0.3) is 10.7 Å². The third-order valence-corrected chi connectivity index (χ3v) is 4.40. The summed E-state index contributed by atoms with van der Waals surface area (Å²) in [7, 11) is 0. The maximum atomic E-state index is 11.9. The first-order valence-corrected chi connectivity index (χ1v) is 7.97. The minimum absolute atomic E-state index is 0.0619. The number of aromatic nitrogens is 4. The highest BCUT2D eigenvalue weighted by atomic mass is 32.1. The van der Waals surface area contributed by atoms with Crippen LogP contribution in [-0.2, 0) is 9.53 Å². The van der Waals surface area contributed by atoms with Crippen molar-refractivity contribution in [3.63, 3.8) is 0 Å². The average molecular weight is 319 g/mol. The van der Waals surface area contributed by atoms with E-state index in [1.54, 1.807) is 17.3 Å². The van der Waals surface area contributed by atoms with Crippen LogP contribution in [0.4, 0.5) is 5.13 Å². The number of carbonyl (C=O) groups excluding carboxylic acids is 1. The van der Waals surface area contributed by atoms with E-state index in [0.717, 1.165) is 25.1 Å². The van der Waals surface area contributed by atoms with Crippen LogP contribution in [-0.4, -0.2) is 45.3 Å². The van der Waals surface area contributed by atoms with Crippen molar-refractivity contribution in [1.29, 1.82) is 0 Å². The summed E-state index contributed by atoms with van der Waals surface area (Å²) < 4.78 is 5.60. The normalized spacial score (nSPS) is 17.6. The van der Waals surface area contributed by atoms with Crippen molar-refractivity contribution in [2.45, 2.75) is 32.8 Å². The summed E-state index contributed by atoms with van der Waals surface area (Å²) in [6, 6.07) is 0. The van der Waals surface area contributed by atoms with Crippen molar-refractivity contribution in [3.8, 4) is 10.7 Å². The molecule has 0 saturated carbocycles. The second-order valence-corrected chi connectivity index (χ2v) is 6.15. The minimum Gasteiger partial charge on any atom is -0.376 e. The van der Waals surface area contributed by atoms with Gasteiger partial charge in [0.15, 0.2) is 5.01 Å². The molecule has 8 heteroatoms. The highest BCUT2D eigenvalue weighted by Gasteiger charge is 2.24. The van der Waals surface area contributed by atoms with Gasteiger partial charge in [0.1, 0.15) is 5.69 Å². The zero-order valence-corrected chi connectivity index (χ0v) is 13.3. The van der Waals surface area contributed by atoms with Gasteiger partial charge in [-0.1, -0.05) is 11.3 Å². The standard InChI is InChI=1S/C14H17N5O2S/c1-9-6-16-12(7-15-9)13-17-18-14(22-13)19(10(2)20)8-11-4-3-5-21-11/h6-7,11H,3-5,8H2,1-2H3. The molecule has 0 aliphatic carbocycles. The molecule has 0 spiro atoms. The third kappa shape index (κ3) is 3.28. The summed E-state index contributed by atoms with van der Waals surface area (Å²) in [4.78, 5) is 22.0. The molecule has 0 aromatic carbocycles. The number of ether oxygens (including phenoxy) is 1. The van der Waals surface area contributed by atoms with Crippen molar-refractivity contribution < 1.29 is 9.53 Å². The van der Waals surface area contributed by atoms with Crippen LogP contribution in [0.15, 0.2) is 12.4 Å². The fraction of sp³-hybridized carbons (Fsp3) is 0.500. The number of carbonyl (C=O) groups is 1. The zero-order valence-electron chi connectivity index (χ0n) is 12.5. The van der Waals surface area contributed by atoms with Gasteiger partial charge in [-0.25, -0.2) is 0 Å². The smallest absolute Gasteiger partial charge is 0.225 e. The van der Waals surface area contributed by atoms with E-state index in [4.69, 9.17) is 4.74 Å². The van der Waals surface area contributed by atoms with Gasteiger partial charge in [0.2, 0.25) is 11.0 Å². The van der Waals surface area contributed by atoms with E-state index >= 15 is 0 Å². The molecule has 0 radical (unpaired) electrons. The lowest BCUT2D eigenvalue weighted by Crippen LogP contribution is -2.35. The molecular weight excluding hydrogens is 302 g/mol. The third-order valence-electron chi connectivity index (χ3n) is 3.44. The van der Waals surface area contributed by atoms with Crippen LogP contribution in [0.1, 0.15) is 25.5 Å². The van der Waals surface area contributed by atoms with Gasteiger partial charge in [0, 0.05) is 19.7 Å². The highest BCUT2D eigenvalue weighted by molar-refractivity contribution is 7.18. The van der Waals surface area contributed by atoms with Gasteiger partial charge in [-0.3, -0.25) is 19.7 Å². The molecule has 2 aromatic rings. The van der Waals surface area contributed by atoms with E-state index < -0.39 is 0 Å². The zero-order chi connectivity index (χ0) is 15.5. The molecule has 0 N–H and O–H groups in total. The van der Waals surface area contributed by atoms with E-state index in [9.17, 15) is 4.79 Å². The van der Waals surface area contributed by atoms with E-state index in [1.165, 1.54) is 18.3 Å². The fourth-order valence-corrected chi connectivity index (χ4v) is 3.12. The highest BCUT2D eigenvalue weighted by Crippen LogP contribution is 2.28. The Hall–Kier alpha value is -1.93. The quantitative estimate of drug-likeness (QED) is 0.855. The second-order valence-electron chi connectivity index (χ2n) is 5.20. The molecule has 3 rings (SSSR count). The van der Waals surface area contributed by atoms with Gasteiger partial charge in [-0.05, 0) is 19.8 Å². The number of hydrogen-bond donors (Lipinski definition) is 0. The van der Waals surface area contributed by atoms with Crippen LogP contribution in [0.2, 0.25) is 0 Å². The second kappa shape index (κ2) is 6.45. The molecule has 1 aliphatic heterocycles. The van der Waals surface area contributed by atoms with Gasteiger partial charge in [-0.2, -0.15) is 0 Å². The number of aryl methyl sites for hydroxylation is 1. The lowest BCUT2D eigenvalue weighted by Gasteiger charge is -2.20. The van der Waals surface area contributed by atoms with Crippen molar-refractivity contribution in [1.82, 2.24) is 20.2 Å². The molecule has 3 heterocycles. The minimum atomic E-state index is -0.0619. The average Bonchev–Trinajstić information content (AvgIpc) is 3.17. The Balaban J connectivity index is 1.80. The van der Waals surface area contributed by atoms with E-state index in [0.29, 0.717) is 22.4 Å². The van der Waals surface area contributed by atoms with E-state index in [1.807, 2.05) is 6.92 Å². The largest absolute Gasteiger partial charge is 0.376 e. The molecule has 7 nitrogen and oxygen atoms in total. The van der Waals surface area contributed by atoms with Gasteiger partial charge in [0.25, 0.3) is 0 Å². The molecule has 1 aliphatic rings. The van der Waals surface area contributed by atoms with Crippen LogP contribution >= 0.6 is 11.3 Å². The summed E-state index contributed by atoms with van der Waals surface area (Å²) in [5, 5.41) is 9.48. The SMILES string of the molecule is CC(=O)N(CC1CCCO1)c1nnc(-c2cnc(C)cn2)s1. The molecule has 1 amide bonds. The Morgan fingerprint density at radius 3 is 2.91 bits per heavy atom. The van der Waals surface area contributed by atoms with Crippen molar-refractivity contribution in [3.05, 3.63) is 18.1 Å². The number of anilines is 1. The number of rotatable bonds is 4. The molecule has 0 bridgehead atoms. The molecule has 116 valence electrons. The van der Waals surface area contributed by atoms with Crippen molar-refractivity contribution in [2.75, 3.05) is 18.1 Å². The summed E-state index contributed by atoms with van der Waals surface area (Å²) in [6.45, 7) is 4.68. The molecule has 22 heavy (non-hydrogen) atoms. The first-order chi connectivity index (χ1) is 10.6. The first kappa shape index (κ1) is 15.0. The summed E-state index contributed by atoms with van der Waals surface area (Å²) in [6.07, 6.45) is 5.44. The van der Waals surface area contributed by atoms with Crippen LogP contribution in [0, 0.1) is 6.92 Å². The topological polar surface area (TPSA) is 81.1 Å². The number of nitrogens with zero attached hydrogens (tertiary/aromatic N) is 5. The Labute approximate surface area is 132 Å². The lowest BCUT2D eigenvalue weighted by molar-refractivity contribution is -0.116. The van der Waals surface area contributed by atoms with Gasteiger partial charge >= 0.3 is 0 Å². The Morgan fingerprint density at radius 1 is 1.41 bits per heavy atom. The van der Waals surface area contributed by atoms with Crippen LogP contribution in [0.3, 0.4) is 0 Å². The van der Waals surface area contributed by atoms with Gasteiger partial charge in [-0.15, -0.1) is 10.2 Å². The Bertz CT molecular complexity index is 652. The molecule has 1 unspecified atom stereocenters. The van der Waals surface area contributed by atoms with Gasteiger partial charge in [0.05, 0.1) is 24.5 Å². The van der Waals surface area contributed by atoms with Crippen molar-refractivity contribution in [2.24, 2.45) is 0 Å². The summed E-state index contributed by atoms with van der Waals surface area (Å²) >= 11 is 1.34. The maximum Gasteiger partial charge on any atom is 0.225 e. The summed E-state index contributed by atoms with van der Waals surface area (Å²) in [5.41, 5.74) is 1.51. The van der Waals surface area contributed by atoms with E-state index in [2.05, 4.69) is 20.2 Å². The first-order valence-electron chi connectivity index (χ1n) is 7.15. The van der Waals surface area contributed by atoms with E-state index in [-0.39, 0.29) is 12.0 Å². The molecular formula is C14H17N5O2S. The molecule has 2 aromatic heterocycles. The van der Waals surface area contributed by atoms with Crippen LogP contribution < -0.4 is 4.90 Å². The lowest BCUT2D eigenvalue weighted by atomic mass is 10.2. The Kier molecular flexibility index (Phi) is 4.39. The van der Waals surface area contributed by atoms with Gasteiger partial charge < -0.3 is 4.74 Å². The maximum absolute atomic E-state index is 11.9. The summed E-state index contributed by atoms with van der Waals surface area (Å²) in [5.74, 6) is -0.0619. The van der Waals surface area contributed by atoms with Crippen molar-refractivity contribution >= 4 is 22.4 Å². The number of hydrogen-bond acceptors (Lipinski definition) is 7. The molecule has 1 saturated heterocycles.